The van der Waals surface area contributed by atoms with E-state index in [4.69, 9.17) is 4.52 Å². The van der Waals surface area contributed by atoms with Crippen LogP contribution in [0.25, 0.3) is 11.4 Å². The van der Waals surface area contributed by atoms with Gasteiger partial charge in [0.2, 0.25) is 17.6 Å². The number of hydrogen-bond donors (Lipinski definition) is 0. The molecule has 1 aliphatic rings. The Labute approximate surface area is 148 Å². The van der Waals surface area contributed by atoms with Crippen LogP contribution in [0.1, 0.15) is 39.0 Å². The number of piperazine rings is 1. The number of nitrogens with zero attached hydrogens (tertiary/aromatic N) is 5. The van der Waals surface area contributed by atoms with Crippen molar-refractivity contribution in [2.45, 2.75) is 39.5 Å². The molecule has 0 unspecified atom stereocenters. The van der Waals surface area contributed by atoms with Crippen molar-refractivity contribution >= 4 is 11.7 Å². The first-order valence-corrected chi connectivity index (χ1v) is 9.03. The standard InChI is InChI=1S/C18H25N5O2/c1-3-5-6-17(24)23-11-9-22(10-12-23)15-8-7-14(13-19-15)18-20-16(4-2)25-21-18/h7-8,13H,3-6,9-12H2,1-2H3. The summed E-state index contributed by atoms with van der Waals surface area (Å²) in [5, 5.41) is 3.97. The van der Waals surface area contributed by atoms with E-state index in [0.717, 1.165) is 56.8 Å². The number of carbonyl (C=O) groups excluding carboxylic acids is 1. The summed E-state index contributed by atoms with van der Waals surface area (Å²) in [5.74, 6) is 2.39. The van der Waals surface area contributed by atoms with E-state index in [1.165, 1.54) is 0 Å². The maximum absolute atomic E-state index is 12.1. The minimum atomic E-state index is 0.272. The highest BCUT2D eigenvalue weighted by molar-refractivity contribution is 5.76. The van der Waals surface area contributed by atoms with Crippen molar-refractivity contribution in [2.75, 3.05) is 31.1 Å². The molecule has 1 amide bonds. The monoisotopic (exact) mass is 343 g/mol. The molecule has 1 fully saturated rings. The van der Waals surface area contributed by atoms with E-state index in [0.29, 0.717) is 18.1 Å². The van der Waals surface area contributed by atoms with Crippen molar-refractivity contribution < 1.29 is 9.32 Å². The molecule has 2 aromatic rings. The molecule has 0 bridgehead atoms. The van der Waals surface area contributed by atoms with Gasteiger partial charge in [0.05, 0.1) is 0 Å². The molecule has 25 heavy (non-hydrogen) atoms. The van der Waals surface area contributed by atoms with Crippen LogP contribution in [0.4, 0.5) is 5.82 Å². The van der Waals surface area contributed by atoms with Crippen LogP contribution in [0, 0.1) is 0 Å². The van der Waals surface area contributed by atoms with Crippen LogP contribution in [0.2, 0.25) is 0 Å². The third-order valence-corrected chi connectivity index (χ3v) is 4.48. The van der Waals surface area contributed by atoms with Crippen LogP contribution in [0.3, 0.4) is 0 Å². The molecule has 0 aromatic carbocycles. The second kappa shape index (κ2) is 8.09. The maximum atomic E-state index is 12.1. The van der Waals surface area contributed by atoms with Gasteiger partial charge in [-0.2, -0.15) is 4.98 Å². The third-order valence-electron chi connectivity index (χ3n) is 4.48. The average Bonchev–Trinajstić information content (AvgIpc) is 3.15. The summed E-state index contributed by atoms with van der Waals surface area (Å²) >= 11 is 0. The van der Waals surface area contributed by atoms with E-state index in [-0.39, 0.29) is 5.91 Å². The Kier molecular flexibility index (Phi) is 5.63. The van der Waals surface area contributed by atoms with Gasteiger partial charge < -0.3 is 14.3 Å². The number of aromatic nitrogens is 3. The van der Waals surface area contributed by atoms with Gasteiger partial charge in [-0.15, -0.1) is 0 Å². The van der Waals surface area contributed by atoms with Gasteiger partial charge in [-0.3, -0.25) is 4.79 Å². The van der Waals surface area contributed by atoms with Crippen molar-refractivity contribution in [3.05, 3.63) is 24.2 Å². The zero-order valence-corrected chi connectivity index (χ0v) is 14.9. The Morgan fingerprint density at radius 1 is 1.20 bits per heavy atom. The number of carbonyl (C=O) groups is 1. The summed E-state index contributed by atoms with van der Waals surface area (Å²) in [5.41, 5.74) is 0.848. The molecule has 0 saturated carbocycles. The van der Waals surface area contributed by atoms with Crippen molar-refractivity contribution in [3.63, 3.8) is 0 Å². The molecule has 3 rings (SSSR count). The zero-order chi connectivity index (χ0) is 17.6. The zero-order valence-electron chi connectivity index (χ0n) is 14.9. The Morgan fingerprint density at radius 2 is 2.00 bits per heavy atom. The van der Waals surface area contributed by atoms with Crippen LogP contribution in [0.5, 0.6) is 0 Å². The summed E-state index contributed by atoms with van der Waals surface area (Å²) in [6.45, 7) is 7.23. The predicted molar refractivity (Wildman–Crippen MR) is 95.2 cm³/mol. The SMILES string of the molecule is CCCCC(=O)N1CCN(c2ccc(-c3noc(CC)n3)cn2)CC1. The van der Waals surface area contributed by atoms with Crippen LogP contribution in [-0.4, -0.2) is 52.1 Å². The fourth-order valence-corrected chi connectivity index (χ4v) is 2.89. The van der Waals surface area contributed by atoms with E-state index in [1.54, 1.807) is 6.20 Å². The number of aryl methyl sites for hydroxylation is 1. The number of rotatable bonds is 6. The number of unbranched alkanes of at least 4 members (excludes halogenated alkanes) is 1. The summed E-state index contributed by atoms with van der Waals surface area (Å²) in [6, 6.07) is 3.94. The fourth-order valence-electron chi connectivity index (χ4n) is 2.89. The Bertz CT molecular complexity index is 690. The molecule has 0 aliphatic carbocycles. The Hall–Kier alpha value is -2.44. The Morgan fingerprint density at radius 3 is 2.60 bits per heavy atom. The minimum absolute atomic E-state index is 0.272. The molecule has 7 heteroatoms. The highest BCUT2D eigenvalue weighted by Crippen LogP contribution is 2.20. The predicted octanol–water partition coefficient (Wildman–Crippen LogP) is 2.53. The van der Waals surface area contributed by atoms with Crippen molar-refractivity contribution in [3.8, 4) is 11.4 Å². The van der Waals surface area contributed by atoms with Gasteiger partial charge in [-0.1, -0.05) is 25.4 Å². The number of anilines is 1. The number of hydrogen-bond acceptors (Lipinski definition) is 6. The van der Waals surface area contributed by atoms with Crippen molar-refractivity contribution in [1.82, 2.24) is 20.0 Å². The highest BCUT2D eigenvalue weighted by atomic mass is 16.5. The lowest BCUT2D eigenvalue weighted by Gasteiger charge is -2.35. The first-order valence-electron chi connectivity index (χ1n) is 9.03. The minimum Gasteiger partial charge on any atom is -0.353 e. The quantitative estimate of drug-likeness (QED) is 0.802. The first kappa shape index (κ1) is 17.4. The molecule has 0 radical (unpaired) electrons. The highest BCUT2D eigenvalue weighted by Gasteiger charge is 2.21. The van der Waals surface area contributed by atoms with Crippen molar-refractivity contribution in [1.29, 1.82) is 0 Å². The second-order valence-corrected chi connectivity index (χ2v) is 6.24. The van der Waals surface area contributed by atoms with Gasteiger partial charge in [0.1, 0.15) is 5.82 Å². The summed E-state index contributed by atoms with van der Waals surface area (Å²) in [4.78, 5) is 25.1. The lowest BCUT2D eigenvalue weighted by molar-refractivity contribution is -0.131. The first-order chi connectivity index (χ1) is 12.2. The van der Waals surface area contributed by atoms with Gasteiger partial charge in [-0.25, -0.2) is 4.98 Å². The summed E-state index contributed by atoms with van der Waals surface area (Å²) < 4.78 is 5.14. The average molecular weight is 343 g/mol. The largest absolute Gasteiger partial charge is 0.353 e. The number of amides is 1. The molecule has 134 valence electrons. The van der Waals surface area contributed by atoms with Gasteiger partial charge >= 0.3 is 0 Å². The summed E-state index contributed by atoms with van der Waals surface area (Å²) in [7, 11) is 0. The van der Waals surface area contributed by atoms with E-state index in [2.05, 4.69) is 26.9 Å². The third kappa shape index (κ3) is 4.15. The van der Waals surface area contributed by atoms with Crippen LogP contribution in [-0.2, 0) is 11.2 Å². The molecular formula is C18H25N5O2. The maximum Gasteiger partial charge on any atom is 0.226 e. The molecule has 0 N–H and O–H groups in total. The van der Waals surface area contributed by atoms with Crippen LogP contribution in [0.15, 0.2) is 22.9 Å². The van der Waals surface area contributed by atoms with Gasteiger partial charge in [0.15, 0.2) is 0 Å². The second-order valence-electron chi connectivity index (χ2n) is 6.24. The smallest absolute Gasteiger partial charge is 0.226 e. The van der Waals surface area contributed by atoms with Gasteiger partial charge in [0.25, 0.3) is 0 Å². The van der Waals surface area contributed by atoms with Crippen LogP contribution < -0.4 is 4.90 Å². The van der Waals surface area contributed by atoms with Crippen LogP contribution >= 0.6 is 0 Å². The number of pyridine rings is 1. The summed E-state index contributed by atoms with van der Waals surface area (Å²) in [6.07, 6.45) is 5.19. The van der Waals surface area contributed by atoms with Crippen molar-refractivity contribution in [2.24, 2.45) is 0 Å². The molecule has 7 nitrogen and oxygen atoms in total. The lowest BCUT2D eigenvalue weighted by Crippen LogP contribution is -2.49. The molecule has 3 heterocycles. The van der Waals surface area contributed by atoms with Gasteiger partial charge in [0, 0.05) is 50.8 Å². The van der Waals surface area contributed by atoms with Gasteiger partial charge in [-0.05, 0) is 18.6 Å². The molecule has 0 spiro atoms. The normalized spacial score (nSPS) is 14.8. The molecule has 1 aliphatic heterocycles. The van der Waals surface area contributed by atoms with E-state index in [1.807, 2.05) is 24.0 Å². The van der Waals surface area contributed by atoms with E-state index >= 15 is 0 Å². The topological polar surface area (TPSA) is 75.4 Å². The van der Waals surface area contributed by atoms with E-state index in [9.17, 15) is 4.79 Å². The molecular weight excluding hydrogens is 318 g/mol. The molecule has 1 saturated heterocycles. The van der Waals surface area contributed by atoms with E-state index < -0.39 is 0 Å². The lowest BCUT2D eigenvalue weighted by atomic mass is 10.2. The Balaban J connectivity index is 1.57. The fraction of sp³-hybridized carbons (Fsp3) is 0.556. The molecule has 2 aromatic heterocycles. The molecule has 0 atom stereocenters.